The van der Waals surface area contributed by atoms with E-state index in [1.165, 1.54) is 27.7 Å². The van der Waals surface area contributed by atoms with Crippen molar-refractivity contribution >= 4 is 58.0 Å². The Hall–Kier alpha value is -8.20. The highest BCUT2D eigenvalue weighted by atomic mass is 31.2. The summed E-state index contributed by atoms with van der Waals surface area (Å²) in [5, 5.41) is 10.3. The zero-order valence-corrected chi connectivity index (χ0v) is 66.3. The van der Waals surface area contributed by atoms with Crippen molar-refractivity contribution in [1.29, 1.82) is 0 Å². The van der Waals surface area contributed by atoms with Gasteiger partial charge < -0.3 is 63.3 Å². The Balaban J connectivity index is 0.992. The molecule has 0 aromatic heterocycles. The maximum absolute atomic E-state index is 16.1. The van der Waals surface area contributed by atoms with Crippen molar-refractivity contribution < 1.29 is 93.8 Å². The Kier molecular flexibility index (Phi) is 29.8. The van der Waals surface area contributed by atoms with Gasteiger partial charge in [0.15, 0.2) is 0 Å². The number of phosphoric ester groups is 2. The molecule has 8 aromatic carbocycles. The van der Waals surface area contributed by atoms with E-state index < -0.39 is 150 Å². The van der Waals surface area contributed by atoms with Crippen LogP contribution in [0.5, 0.6) is 0 Å². The van der Waals surface area contributed by atoms with E-state index in [-0.39, 0.29) is 59.1 Å². The number of esters is 1. The smallest absolute Gasteiger partial charge is 0.460 e. The van der Waals surface area contributed by atoms with E-state index in [2.05, 4.69) is 61.0 Å². The molecule has 23 nitrogen and oxygen atoms in total. The number of nitrogens with one attached hydrogen (secondary N) is 3. The van der Waals surface area contributed by atoms with Crippen LogP contribution in [0.15, 0.2) is 243 Å². The first kappa shape index (κ1) is 83.7. The zero-order valence-electron chi connectivity index (χ0n) is 63.5. The zero-order chi connectivity index (χ0) is 78.6. The highest BCUT2D eigenvalue weighted by molar-refractivity contribution is 7.47. The highest BCUT2D eigenvalue weighted by Gasteiger charge is 2.58. The molecular weight excluding hydrogens is 1470 g/mol. The van der Waals surface area contributed by atoms with Crippen LogP contribution in [-0.2, 0) is 124 Å². The molecule has 8 aromatic rings. The van der Waals surface area contributed by atoms with Crippen LogP contribution in [0.1, 0.15) is 101 Å². The first-order valence-corrected chi connectivity index (χ1v) is 42.4. The summed E-state index contributed by atoms with van der Waals surface area (Å²) in [5.41, 5.74) is 4.36. The molecule has 0 saturated heterocycles. The number of carbonyl (C=O) groups is 4. The molecule has 3 saturated carbocycles. The van der Waals surface area contributed by atoms with Crippen molar-refractivity contribution in [3.8, 4) is 0 Å². The number of carbonyl (C=O) groups excluding carboxylic acids is 4. The molecule has 0 aliphatic heterocycles. The van der Waals surface area contributed by atoms with E-state index in [0.29, 0.717) is 16.7 Å². The molecule has 0 spiro atoms. The van der Waals surface area contributed by atoms with E-state index in [1.807, 2.05) is 194 Å². The normalized spacial score (nSPS) is 25.3. The summed E-state index contributed by atoms with van der Waals surface area (Å²) < 4.78 is 113. The molecule has 26 heteroatoms. The van der Waals surface area contributed by atoms with Gasteiger partial charge in [0, 0.05) is 53.1 Å². The van der Waals surface area contributed by atoms with Gasteiger partial charge in [0.05, 0.1) is 76.1 Å². The van der Waals surface area contributed by atoms with Crippen LogP contribution >= 0.6 is 15.6 Å². The van der Waals surface area contributed by atoms with Crippen molar-refractivity contribution in [3.05, 3.63) is 276 Å². The number of hydrogen-bond donors (Lipinski definition) is 5. The average Bonchev–Trinajstić information content (AvgIpc) is 0.751. The van der Waals surface area contributed by atoms with Crippen LogP contribution < -0.4 is 26.3 Å². The lowest BCUT2D eigenvalue weighted by atomic mass is 9.79. The van der Waals surface area contributed by atoms with Crippen LogP contribution in [0.25, 0.3) is 0 Å². The number of benzene rings is 8. The highest BCUT2D eigenvalue weighted by Crippen LogP contribution is 2.55. The minimum atomic E-state index is -5.62. The number of rotatable bonds is 35. The van der Waals surface area contributed by atoms with Crippen LogP contribution in [0.3, 0.4) is 0 Å². The van der Waals surface area contributed by atoms with Gasteiger partial charge in [0.1, 0.15) is 48.8 Å². The van der Waals surface area contributed by atoms with Gasteiger partial charge in [-0.15, -0.1) is 0 Å². The third-order valence-electron chi connectivity index (χ3n) is 20.0. The minimum absolute atomic E-state index is 0.00507. The van der Waals surface area contributed by atoms with Gasteiger partial charge in [-0.3, -0.25) is 37.3 Å². The lowest BCUT2D eigenvalue weighted by Crippen LogP contribution is -2.68. The molecule has 111 heavy (non-hydrogen) atoms. The lowest BCUT2D eigenvalue weighted by Gasteiger charge is -2.49. The first-order chi connectivity index (χ1) is 53.4. The SMILES string of the molecule is CC(=O)N[C@H]1[C@@H](OCc2ccccc2)[C@H](OCc2ccccc2)[C@@H](CO[Si](c2ccccc2)(c2ccccc2)C(C)(C)C)C[C@@H]1OP(=O)(O)O[C@H]1C[C@H](OP(=O)(O)O[C@H]2C[C@H](OC(C)=O)[C@@H](NC(C)=O)[C@@H](OCc3ccccc3)[C@@H]2OCc2ccccc2)[C@@H](NC(C)=O)[C@@H](OCc2ccccc2)[C@@H]1OCc1ccccc1. The van der Waals surface area contributed by atoms with E-state index >= 15 is 9.13 Å². The number of hydrogen-bond acceptors (Lipinski definition) is 18. The predicted octanol–water partition coefficient (Wildman–Crippen LogP) is 12.1. The van der Waals surface area contributed by atoms with E-state index in [4.69, 9.17) is 55.7 Å². The van der Waals surface area contributed by atoms with Gasteiger partial charge >= 0.3 is 21.6 Å². The summed E-state index contributed by atoms with van der Waals surface area (Å²) >= 11 is 0. The predicted molar refractivity (Wildman–Crippen MR) is 419 cm³/mol. The van der Waals surface area contributed by atoms with Crippen LogP contribution in [0, 0.1) is 5.92 Å². The van der Waals surface area contributed by atoms with Crippen LogP contribution in [0.4, 0.5) is 0 Å². The molecule has 0 heterocycles. The molecule has 11 rings (SSSR count). The molecule has 0 bridgehead atoms. The topological polar surface area (TPSA) is 290 Å². The summed E-state index contributed by atoms with van der Waals surface area (Å²) in [6.45, 7) is 11.2. The first-order valence-electron chi connectivity index (χ1n) is 37.5. The summed E-state index contributed by atoms with van der Waals surface area (Å²) in [6.07, 6.45) is -16.1. The van der Waals surface area contributed by atoms with E-state index in [9.17, 15) is 29.0 Å². The Morgan fingerprint density at radius 3 is 0.910 bits per heavy atom. The third kappa shape index (κ3) is 23.3. The second-order valence-electron chi connectivity index (χ2n) is 29.3. The molecule has 3 fully saturated rings. The molecule has 3 aliphatic rings. The van der Waals surface area contributed by atoms with Crippen molar-refractivity contribution in [1.82, 2.24) is 16.0 Å². The molecule has 3 aliphatic carbocycles. The van der Waals surface area contributed by atoms with Gasteiger partial charge in [-0.2, -0.15) is 0 Å². The number of phosphoric acid groups is 2. The third-order valence-corrected chi connectivity index (χ3v) is 27.2. The fraction of sp³-hybridized carbons (Fsp3) is 0.388. The molecular formula is C85H101N3O20P2Si. The standard InChI is InChI=1S/C85H101N3O20P2Si/c1-58(89)86-76-71(104-61(4)92)49-74(80(98-52-63-34-18-9-19-35-63)83(76)101-55-66-40-24-12-25-41-66)107-110(95,96)106-73-50-75(81(99-53-64-36-20-10-21-37-64)84(78(73)88-60(3)91)102-56-67-42-26-13-27-43-67)108-109(93,94)105-72-48-68(57-103-111(85(5,6)7,69-44-28-14-29-45-69)70-46-30-15-31-47-70)79(97-51-62-32-16-8-17-33-62)82(77(72)87-59(2)90)100-54-65-38-22-11-23-39-65/h8-47,68,71-84H,48-57H2,1-7H3,(H,86,89)(H,87,90)(H,88,91)(H,93,94)(H,95,96)/t68-,71+,72+,73+,74+,75+,76-,77-,78-,79-,80-,81-,82-,83-,84-/m1/s1. The average molecular weight is 1570 g/mol. The van der Waals surface area contributed by atoms with E-state index in [0.717, 1.165) is 27.1 Å². The second kappa shape index (κ2) is 39.5. The van der Waals surface area contributed by atoms with Crippen LogP contribution in [-0.4, -0.2) is 134 Å². The molecule has 3 amide bonds. The Morgan fingerprint density at radius 2 is 0.613 bits per heavy atom. The minimum Gasteiger partial charge on any atom is -0.460 e. The summed E-state index contributed by atoms with van der Waals surface area (Å²) in [7, 11) is -14.6. The summed E-state index contributed by atoms with van der Waals surface area (Å²) in [4.78, 5) is 79.7. The van der Waals surface area contributed by atoms with Crippen molar-refractivity contribution in [2.75, 3.05) is 6.61 Å². The van der Waals surface area contributed by atoms with Crippen LogP contribution in [0.2, 0.25) is 5.04 Å². The molecule has 2 unspecified atom stereocenters. The molecule has 5 N–H and O–H groups in total. The fourth-order valence-corrected chi connectivity index (χ4v) is 22.2. The summed E-state index contributed by atoms with van der Waals surface area (Å²) in [5.74, 6) is -3.12. The fourth-order valence-electron chi connectivity index (χ4n) is 15.2. The maximum Gasteiger partial charge on any atom is 0.472 e. The lowest BCUT2D eigenvalue weighted by molar-refractivity contribution is -0.197. The van der Waals surface area contributed by atoms with Gasteiger partial charge in [-0.1, -0.05) is 263 Å². The quantitative estimate of drug-likeness (QED) is 0.0140. The monoisotopic (exact) mass is 1570 g/mol. The Morgan fingerprint density at radius 1 is 0.360 bits per heavy atom. The number of ether oxygens (including phenoxy) is 7. The molecule has 0 radical (unpaired) electrons. The largest absolute Gasteiger partial charge is 0.472 e. The van der Waals surface area contributed by atoms with Crippen molar-refractivity contribution in [2.45, 2.75) is 198 Å². The summed E-state index contributed by atoms with van der Waals surface area (Å²) in [6, 6.07) is 71.8. The molecule has 590 valence electrons. The van der Waals surface area contributed by atoms with Gasteiger partial charge in [0.2, 0.25) is 17.7 Å². The van der Waals surface area contributed by atoms with Gasteiger partial charge in [-0.05, 0) is 55.2 Å². The Bertz CT molecular complexity index is 4280. The maximum atomic E-state index is 16.1. The second-order valence-corrected chi connectivity index (χ2v) is 36.4. The van der Waals surface area contributed by atoms with Crippen molar-refractivity contribution in [2.24, 2.45) is 5.92 Å². The molecule has 17 atom stereocenters. The number of amides is 3. The van der Waals surface area contributed by atoms with Crippen molar-refractivity contribution in [3.63, 3.8) is 0 Å². The van der Waals surface area contributed by atoms with Gasteiger partial charge in [0.25, 0.3) is 8.32 Å². The Labute approximate surface area is 650 Å². The van der Waals surface area contributed by atoms with E-state index in [1.54, 1.807) is 24.3 Å². The van der Waals surface area contributed by atoms with Gasteiger partial charge in [-0.25, -0.2) is 9.13 Å².